The van der Waals surface area contributed by atoms with Crippen LogP contribution in [0.3, 0.4) is 0 Å². The molecule has 5 nitrogen and oxygen atoms in total. The molecule has 25 heavy (non-hydrogen) atoms. The molecule has 9 heteroatoms. The third-order valence-electron chi connectivity index (χ3n) is 2.98. The Morgan fingerprint density at radius 1 is 1.12 bits per heavy atom. The summed E-state index contributed by atoms with van der Waals surface area (Å²) in [5, 5.41) is 5.81. The van der Waals surface area contributed by atoms with Crippen molar-refractivity contribution < 1.29 is 27.4 Å². The van der Waals surface area contributed by atoms with Crippen LogP contribution >= 0.6 is 11.6 Å². The molecule has 1 amide bonds. The Hall–Kier alpha value is -2.61. The van der Waals surface area contributed by atoms with Gasteiger partial charge in [0.2, 0.25) is 5.91 Å². The summed E-state index contributed by atoms with van der Waals surface area (Å²) in [4.78, 5) is 11.9. The number of nitrogens with one attached hydrogen (secondary N) is 2. The molecular formula is C16H14ClF3N2O3. The number of carbonyl (C=O) groups excluding carboxylic acids is 1. The molecule has 0 heterocycles. The summed E-state index contributed by atoms with van der Waals surface area (Å²) in [6.07, 6.45) is -4.76. The van der Waals surface area contributed by atoms with E-state index < -0.39 is 12.3 Å². The van der Waals surface area contributed by atoms with Crippen LogP contribution in [-0.2, 0) is 4.79 Å². The zero-order chi connectivity index (χ0) is 18.4. The van der Waals surface area contributed by atoms with Gasteiger partial charge >= 0.3 is 6.36 Å². The van der Waals surface area contributed by atoms with Crippen LogP contribution in [0.15, 0.2) is 42.5 Å². The van der Waals surface area contributed by atoms with E-state index in [-0.39, 0.29) is 12.3 Å². The lowest BCUT2D eigenvalue weighted by Gasteiger charge is -2.11. The summed E-state index contributed by atoms with van der Waals surface area (Å²) in [5.41, 5.74) is 0.850. The molecule has 0 aliphatic rings. The number of anilines is 2. The maximum Gasteiger partial charge on any atom is 0.573 e. The van der Waals surface area contributed by atoms with Crippen LogP contribution in [0.2, 0.25) is 5.02 Å². The van der Waals surface area contributed by atoms with Crippen molar-refractivity contribution in [3.63, 3.8) is 0 Å². The van der Waals surface area contributed by atoms with Crippen LogP contribution in [-0.4, -0.2) is 25.9 Å². The zero-order valence-electron chi connectivity index (χ0n) is 13.0. The molecule has 2 rings (SSSR count). The van der Waals surface area contributed by atoms with Crippen LogP contribution < -0.4 is 20.1 Å². The summed E-state index contributed by atoms with van der Waals surface area (Å²) < 4.78 is 45.1. The maximum atomic E-state index is 12.1. The van der Waals surface area contributed by atoms with Gasteiger partial charge in [0.05, 0.1) is 24.4 Å². The number of hydrogen-bond acceptors (Lipinski definition) is 4. The van der Waals surface area contributed by atoms with Crippen LogP contribution in [0, 0.1) is 0 Å². The molecule has 0 fully saturated rings. The van der Waals surface area contributed by atoms with Gasteiger partial charge in [0.15, 0.2) is 0 Å². The Balaban J connectivity index is 1.90. The number of amides is 1. The third kappa shape index (κ3) is 6.07. The number of halogens is 4. The number of alkyl halides is 3. The van der Waals surface area contributed by atoms with Gasteiger partial charge < -0.3 is 20.1 Å². The minimum absolute atomic E-state index is 0.0896. The average molecular weight is 375 g/mol. The highest BCUT2D eigenvalue weighted by atomic mass is 35.5. The minimum atomic E-state index is -4.76. The second-order valence-electron chi connectivity index (χ2n) is 4.82. The summed E-state index contributed by atoms with van der Waals surface area (Å²) in [6, 6.07) is 9.76. The van der Waals surface area contributed by atoms with Crippen molar-refractivity contribution in [2.45, 2.75) is 6.36 Å². The van der Waals surface area contributed by atoms with E-state index in [1.54, 1.807) is 18.2 Å². The van der Waals surface area contributed by atoms with E-state index in [4.69, 9.17) is 16.3 Å². The topological polar surface area (TPSA) is 59.6 Å². The van der Waals surface area contributed by atoms with Gasteiger partial charge in [-0.25, -0.2) is 0 Å². The fourth-order valence-electron chi connectivity index (χ4n) is 1.89. The summed E-state index contributed by atoms with van der Waals surface area (Å²) in [5.74, 6) is -0.192. The molecule has 134 valence electrons. The number of ether oxygens (including phenoxy) is 2. The second kappa shape index (κ2) is 7.98. The predicted octanol–water partition coefficient (Wildman–Crippen LogP) is 4.30. The highest BCUT2D eigenvalue weighted by Crippen LogP contribution is 2.27. The predicted molar refractivity (Wildman–Crippen MR) is 88.2 cm³/mol. The third-order valence-corrected chi connectivity index (χ3v) is 3.31. The molecule has 0 aromatic heterocycles. The highest BCUT2D eigenvalue weighted by molar-refractivity contribution is 6.33. The molecule has 0 atom stereocenters. The lowest BCUT2D eigenvalue weighted by molar-refractivity contribution is -0.274. The number of methoxy groups -OCH3 is 1. The first kappa shape index (κ1) is 18.7. The van der Waals surface area contributed by atoms with Gasteiger partial charge in [0, 0.05) is 11.8 Å². The molecule has 0 aliphatic heterocycles. The van der Waals surface area contributed by atoms with E-state index in [0.29, 0.717) is 22.1 Å². The van der Waals surface area contributed by atoms with Crippen molar-refractivity contribution in [1.29, 1.82) is 0 Å². The molecule has 0 saturated heterocycles. The van der Waals surface area contributed by atoms with Gasteiger partial charge in [-0.15, -0.1) is 13.2 Å². The van der Waals surface area contributed by atoms with E-state index in [0.717, 1.165) is 12.1 Å². The second-order valence-corrected chi connectivity index (χ2v) is 5.23. The quantitative estimate of drug-likeness (QED) is 0.791. The monoisotopic (exact) mass is 374 g/mol. The van der Waals surface area contributed by atoms with Gasteiger partial charge in [-0.3, -0.25) is 4.79 Å². The van der Waals surface area contributed by atoms with Crippen LogP contribution in [0.5, 0.6) is 11.5 Å². The van der Waals surface area contributed by atoms with Crippen molar-refractivity contribution in [2.75, 3.05) is 24.3 Å². The molecule has 0 spiro atoms. The molecule has 0 aliphatic carbocycles. The highest BCUT2D eigenvalue weighted by Gasteiger charge is 2.30. The molecule has 0 bridgehead atoms. The Bertz CT molecular complexity index is 736. The normalized spacial score (nSPS) is 10.9. The lowest BCUT2D eigenvalue weighted by atomic mass is 10.3. The van der Waals surface area contributed by atoms with Gasteiger partial charge in [0.1, 0.15) is 11.5 Å². The summed E-state index contributed by atoms with van der Waals surface area (Å²) in [6.45, 7) is -0.0896. The van der Waals surface area contributed by atoms with Gasteiger partial charge in [-0.1, -0.05) is 11.6 Å². The first-order chi connectivity index (χ1) is 11.8. The van der Waals surface area contributed by atoms with Gasteiger partial charge in [-0.05, 0) is 36.4 Å². The fraction of sp³-hybridized carbons (Fsp3) is 0.188. The first-order valence-corrected chi connectivity index (χ1v) is 7.38. The van der Waals surface area contributed by atoms with E-state index >= 15 is 0 Å². The Morgan fingerprint density at radius 3 is 2.36 bits per heavy atom. The van der Waals surface area contributed by atoms with Crippen LogP contribution in [0.4, 0.5) is 24.5 Å². The van der Waals surface area contributed by atoms with E-state index in [1.807, 2.05) is 0 Å². The fourth-order valence-corrected chi connectivity index (χ4v) is 2.07. The average Bonchev–Trinajstić information content (AvgIpc) is 2.54. The van der Waals surface area contributed by atoms with E-state index in [2.05, 4.69) is 15.4 Å². The number of hydrogen-bond donors (Lipinski definition) is 2. The van der Waals surface area contributed by atoms with Crippen molar-refractivity contribution in [3.8, 4) is 11.5 Å². The lowest BCUT2D eigenvalue weighted by Crippen LogP contribution is -2.22. The zero-order valence-corrected chi connectivity index (χ0v) is 13.7. The molecule has 2 aromatic carbocycles. The summed E-state index contributed by atoms with van der Waals surface area (Å²) >= 11 is 6.01. The van der Waals surface area contributed by atoms with Crippen molar-refractivity contribution in [2.24, 2.45) is 0 Å². The molecule has 0 unspecified atom stereocenters. The Kier molecular flexibility index (Phi) is 5.97. The van der Waals surface area contributed by atoms with Crippen molar-refractivity contribution in [1.82, 2.24) is 0 Å². The number of carbonyl (C=O) groups is 1. The maximum absolute atomic E-state index is 12.1. The summed E-state index contributed by atoms with van der Waals surface area (Å²) in [7, 11) is 1.51. The van der Waals surface area contributed by atoms with Crippen molar-refractivity contribution >= 4 is 28.9 Å². The van der Waals surface area contributed by atoms with Crippen LogP contribution in [0.25, 0.3) is 0 Å². The SMILES string of the molecule is COc1ccc(Cl)c(NCC(=O)Nc2ccc(OC(F)(F)F)cc2)c1. The van der Waals surface area contributed by atoms with E-state index in [9.17, 15) is 18.0 Å². The first-order valence-electron chi connectivity index (χ1n) is 7.00. The van der Waals surface area contributed by atoms with Crippen LogP contribution in [0.1, 0.15) is 0 Å². The van der Waals surface area contributed by atoms with E-state index in [1.165, 1.54) is 19.2 Å². The minimum Gasteiger partial charge on any atom is -0.497 e. The standard InChI is InChI=1S/C16H14ClF3N2O3/c1-24-12-6-7-13(17)14(8-12)21-9-15(23)22-10-2-4-11(5-3-10)25-16(18,19)20/h2-8,21H,9H2,1H3,(H,22,23). The largest absolute Gasteiger partial charge is 0.573 e. The molecular weight excluding hydrogens is 361 g/mol. The smallest absolute Gasteiger partial charge is 0.497 e. The van der Waals surface area contributed by atoms with Gasteiger partial charge in [-0.2, -0.15) is 0 Å². The molecule has 0 radical (unpaired) electrons. The van der Waals surface area contributed by atoms with Crippen molar-refractivity contribution in [3.05, 3.63) is 47.5 Å². The number of rotatable bonds is 6. The van der Waals surface area contributed by atoms with Gasteiger partial charge in [0.25, 0.3) is 0 Å². The number of benzene rings is 2. The molecule has 2 N–H and O–H groups in total. The Labute approximate surface area is 146 Å². The Morgan fingerprint density at radius 2 is 1.76 bits per heavy atom. The molecule has 2 aromatic rings. The molecule has 0 saturated carbocycles.